The molecule has 2 unspecified atom stereocenters. The Bertz CT molecular complexity index is 607. The predicted octanol–water partition coefficient (Wildman–Crippen LogP) is 3.04. The van der Waals surface area contributed by atoms with Crippen molar-refractivity contribution in [1.29, 1.82) is 0 Å². The van der Waals surface area contributed by atoms with Gasteiger partial charge in [-0.1, -0.05) is 21.9 Å². The highest BCUT2D eigenvalue weighted by molar-refractivity contribution is 9.09. The Morgan fingerprint density at radius 1 is 1.50 bits per heavy atom. The SMILES string of the molecule is CC#CP(=O)(OC)C(O)(CBr)c1ccc([N+](=O)[O-])cc1. The van der Waals surface area contributed by atoms with Crippen LogP contribution < -0.4 is 0 Å². The lowest BCUT2D eigenvalue weighted by Crippen LogP contribution is -2.28. The van der Waals surface area contributed by atoms with Gasteiger partial charge in [0.15, 0.2) is 5.34 Å². The number of nitrogens with zero attached hydrogens (tertiary/aromatic N) is 1. The van der Waals surface area contributed by atoms with Crippen LogP contribution in [0.25, 0.3) is 0 Å². The monoisotopic (exact) mass is 361 g/mol. The smallest absolute Gasteiger partial charge is 0.309 e. The van der Waals surface area contributed by atoms with E-state index in [0.717, 1.165) is 0 Å². The van der Waals surface area contributed by atoms with Crippen LogP contribution in [-0.2, 0) is 14.4 Å². The number of nitro groups is 1. The molecule has 0 bridgehead atoms. The molecule has 8 heteroatoms. The largest absolute Gasteiger partial charge is 0.374 e. The van der Waals surface area contributed by atoms with Crippen molar-refractivity contribution in [2.45, 2.75) is 12.3 Å². The third-order valence-corrected chi connectivity index (χ3v) is 6.40. The van der Waals surface area contributed by atoms with E-state index >= 15 is 0 Å². The van der Waals surface area contributed by atoms with Gasteiger partial charge in [-0.2, -0.15) is 0 Å². The second kappa shape index (κ2) is 6.51. The molecule has 0 saturated heterocycles. The fourth-order valence-corrected chi connectivity index (χ4v) is 4.45. The Morgan fingerprint density at radius 3 is 2.40 bits per heavy atom. The van der Waals surface area contributed by atoms with Crippen LogP contribution in [-0.4, -0.2) is 22.5 Å². The molecular formula is C12H13BrNO5P. The van der Waals surface area contributed by atoms with Crippen molar-refractivity contribution in [1.82, 2.24) is 0 Å². The quantitative estimate of drug-likeness (QED) is 0.286. The highest BCUT2D eigenvalue weighted by Gasteiger charge is 2.47. The summed E-state index contributed by atoms with van der Waals surface area (Å²) in [5.74, 6) is 2.47. The topological polar surface area (TPSA) is 89.7 Å². The number of halogens is 1. The number of hydrogen-bond acceptors (Lipinski definition) is 5. The van der Waals surface area contributed by atoms with Gasteiger partial charge in [0.2, 0.25) is 0 Å². The number of rotatable bonds is 5. The minimum Gasteiger partial charge on any atom is -0.374 e. The van der Waals surface area contributed by atoms with Crippen molar-refractivity contribution < 1.29 is 19.1 Å². The van der Waals surface area contributed by atoms with E-state index in [1.54, 1.807) is 0 Å². The van der Waals surface area contributed by atoms with Gasteiger partial charge >= 0.3 is 7.37 Å². The highest BCUT2D eigenvalue weighted by Crippen LogP contribution is 2.62. The van der Waals surface area contributed by atoms with Gasteiger partial charge in [-0.05, 0) is 30.3 Å². The Balaban J connectivity index is 3.38. The normalized spacial score (nSPS) is 16.4. The summed E-state index contributed by atoms with van der Waals surface area (Å²) in [6.45, 7) is 1.48. The highest BCUT2D eigenvalue weighted by atomic mass is 79.9. The van der Waals surface area contributed by atoms with Crippen LogP contribution in [0.15, 0.2) is 24.3 Å². The van der Waals surface area contributed by atoms with Gasteiger partial charge in [0.05, 0.1) is 4.92 Å². The molecule has 0 spiro atoms. The zero-order chi connectivity index (χ0) is 15.4. The van der Waals surface area contributed by atoms with Crippen LogP contribution in [0.4, 0.5) is 5.69 Å². The maximum atomic E-state index is 12.6. The zero-order valence-corrected chi connectivity index (χ0v) is 13.3. The summed E-state index contributed by atoms with van der Waals surface area (Å²) in [6.07, 6.45) is 0. The van der Waals surface area contributed by atoms with E-state index in [2.05, 4.69) is 27.5 Å². The Labute approximate surface area is 124 Å². The van der Waals surface area contributed by atoms with E-state index in [1.165, 1.54) is 38.3 Å². The van der Waals surface area contributed by atoms with Crippen LogP contribution in [0.2, 0.25) is 0 Å². The van der Waals surface area contributed by atoms with Crippen LogP contribution in [0.1, 0.15) is 12.5 Å². The van der Waals surface area contributed by atoms with Gasteiger partial charge < -0.3 is 9.63 Å². The molecule has 0 heterocycles. The molecule has 1 aromatic rings. The summed E-state index contributed by atoms with van der Waals surface area (Å²) in [6, 6.07) is 5.12. The van der Waals surface area contributed by atoms with Crippen LogP contribution in [0.3, 0.4) is 0 Å². The second-order valence-electron chi connectivity index (χ2n) is 3.85. The molecule has 6 nitrogen and oxygen atoms in total. The van der Waals surface area contributed by atoms with Crippen molar-refractivity contribution >= 4 is 29.0 Å². The molecule has 0 aliphatic heterocycles. The molecule has 1 N–H and O–H groups in total. The summed E-state index contributed by atoms with van der Waals surface area (Å²) < 4.78 is 17.6. The van der Waals surface area contributed by atoms with Crippen LogP contribution in [0, 0.1) is 21.7 Å². The maximum Gasteiger partial charge on any atom is 0.309 e. The Hall–Kier alpha value is -1.19. The van der Waals surface area contributed by atoms with Gasteiger partial charge in [-0.3, -0.25) is 14.7 Å². The fourth-order valence-electron chi connectivity index (χ4n) is 1.61. The molecule has 2 atom stereocenters. The Morgan fingerprint density at radius 2 is 2.05 bits per heavy atom. The number of hydrogen-bond donors (Lipinski definition) is 1. The van der Waals surface area contributed by atoms with Crippen molar-refractivity contribution in [2.75, 3.05) is 12.4 Å². The lowest BCUT2D eigenvalue weighted by atomic mass is 10.1. The molecule has 0 radical (unpaired) electrons. The van der Waals surface area contributed by atoms with Gasteiger partial charge in [0.25, 0.3) is 5.69 Å². The lowest BCUT2D eigenvalue weighted by Gasteiger charge is -2.30. The first-order valence-electron chi connectivity index (χ1n) is 5.48. The van der Waals surface area contributed by atoms with Gasteiger partial charge in [0, 0.05) is 24.6 Å². The fraction of sp³-hybridized carbons (Fsp3) is 0.333. The number of nitro benzene ring substituents is 1. The number of benzene rings is 1. The third-order valence-electron chi connectivity index (χ3n) is 2.73. The predicted molar refractivity (Wildman–Crippen MR) is 78.9 cm³/mol. The first-order valence-corrected chi connectivity index (χ1v) is 8.22. The molecule has 0 aliphatic carbocycles. The summed E-state index contributed by atoms with van der Waals surface area (Å²) in [5, 5.41) is 19.3. The average molecular weight is 362 g/mol. The molecule has 0 amide bonds. The molecule has 1 aromatic carbocycles. The summed E-state index contributed by atoms with van der Waals surface area (Å²) in [5.41, 5.74) is 2.51. The molecule has 20 heavy (non-hydrogen) atoms. The number of aliphatic hydroxyl groups is 1. The summed E-state index contributed by atoms with van der Waals surface area (Å²) in [4.78, 5) is 10.1. The van der Waals surface area contributed by atoms with Gasteiger partial charge in [-0.25, -0.2) is 0 Å². The van der Waals surface area contributed by atoms with E-state index in [-0.39, 0.29) is 16.6 Å². The van der Waals surface area contributed by atoms with Crippen molar-refractivity contribution in [3.8, 4) is 11.6 Å². The van der Waals surface area contributed by atoms with Crippen molar-refractivity contribution in [2.24, 2.45) is 0 Å². The van der Waals surface area contributed by atoms with Crippen molar-refractivity contribution in [3.05, 3.63) is 39.9 Å². The zero-order valence-electron chi connectivity index (χ0n) is 10.9. The molecule has 0 saturated carbocycles. The number of alkyl halides is 1. The summed E-state index contributed by atoms with van der Waals surface area (Å²) >= 11 is 3.10. The van der Waals surface area contributed by atoms with E-state index in [9.17, 15) is 19.8 Å². The van der Waals surface area contributed by atoms with Crippen LogP contribution in [0.5, 0.6) is 0 Å². The van der Waals surface area contributed by atoms with E-state index in [0.29, 0.717) is 0 Å². The lowest BCUT2D eigenvalue weighted by molar-refractivity contribution is -0.384. The third kappa shape index (κ3) is 2.94. The second-order valence-corrected chi connectivity index (χ2v) is 6.84. The van der Waals surface area contributed by atoms with E-state index in [1.807, 2.05) is 0 Å². The molecular weight excluding hydrogens is 349 g/mol. The molecule has 0 aliphatic rings. The van der Waals surface area contributed by atoms with Gasteiger partial charge in [0.1, 0.15) is 0 Å². The Kier molecular flexibility index (Phi) is 5.49. The van der Waals surface area contributed by atoms with Gasteiger partial charge in [-0.15, -0.1) is 0 Å². The maximum absolute atomic E-state index is 12.6. The average Bonchev–Trinajstić information content (AvgIpc) is 2.46. The van der Waals surface area contributed by atoms with Crippen LogP contribution >= 0.6 is 23.3 Å². The molecule has 0 aromatic heterocycles. The van der Waals surface area contributed by atoms with E-state index in [4.69, 9.17) is 4.52 Å². The summed E-state index contributed by atoms with van der Waals surface area (Å²) in [7, 11) is -2.51. The number of non-ortho nitro benzene ring substituents is 1. The molecule has 0 fully saturated rings. The minimum absolute atomic E-state index is 0.0857. The minimum atomic E-state index is -3.71. The molecule has 1 rings (SSSR count). The first kappa shape index (κ1) is 16.9. The van der Waals surface area contributed by atoms with E-state index < -0.39 is 17.6 Å². The van der Waals surface area contributed by atoms with Crippen molar-refractivity contribution in [3.63, 3.8) is 0 Å². The standard InChI is InChI=1S/C12H13BrNO5P/c1-3-8-20(18,19-2)12(15,9-13)10-4-6-11(7-5-10)14(16)17/h4-7,15H,9H2,1-2H3. The molecule has 108 valence electrons. The first-order chi connectivity index (χ1) is 9.34.